The SMILES string of the molecule is O=C(O)c1ccc(-c2ccc(C34CCCN3O4)cc2)cc1. The Morgan fingerprint density at radius 1 is 1.05 bits per heavy atom. The van der Waals surface area contributed by atoms with Crippen molar-refractivity contribution in [3.8, 4) is 11.1 Å². The summed E-state index contributed by atoms with van der Waals surface area (Å²) in [5.74, 6) is -0.900. The van der Waals surface area contributed by atoms with Crippen molar-refractivity contribution in [2.24, 2.45) is 0 Å². The number of carboxylic acid groups (broad SMARTS) is 1. The second-order valence-corrected chi connectivity index (χ2v) is 5.54. The summed E-state index contributed by atoms with van der Waals surface area (Å²) in [6, 6.07) is 15.3. The molecule has 2 atom stereocenters. The number of fused-ring (bicyclic) bond motifs is 1. The number of aromatic carboxylic acids is 1. The van der Waals surface area contributed by atoms with Gasteiger partial charge in [0.05, 0.1) is 5.56 Å². The maximum atomic E-state index is 10.9. The van der Waals surface area contributed by atoms with Gasteiger partial charge in [0.2, 0.25) is 0 Å². The van der Waals surface area contributed by atoms with Crippen LogP contribution in [0.15, 0.2) is 48.5 Å². The van der Waals surface area contributed by atoms with Crippen molar-refractivity contribution in [1.29, 1.82) is 0 Å². The van der Waals surface area contributed by atoms with E-state index in [1.165, 1.54) is 12.0 Å². The van der Waals surface area contributed by atoms with Crippen LogP contribution in [0.3, 0.4) is 0 Å². The topological polar surface area (TPSA) is 52.8 Å². The van der Waals surface area contributed by atoms with Crippen molar-refractivity contribution in [3.05, 3.63) is 59.7 Å². The van der Waals surface area contributed by atoms with Gasteiger partial charge in [-0.3, -0.25) is 4.84 Å². The fourth-order valence-corrected chi connectivity index (χ4v) is 3.09. The van der Waals surface area contributed by atoms with Crippen molar-refractivity contribution in [1.82, 2.24) is 5.06 Å². The molecule has 0 amide bonds. The van der Waals surface area contributed by atoms with E-state index in [9.17, 15) is 4.79 Å². The molecule has 2 aromatic carbocycles. The number of rotatable bonds is 3. The Bertz CT molecular complexity index is 693. The molecule has 2 heterocycles. The first kappa shape index (κ1) is 12.6. The first-order valence-corrected chi connectivity index (χ1v) is 7.10. The quantitative estimate of drug-likeness (QED) is 0.877. The second-order valence-electron chi connectivity index (χ2n) is 5.54. The van der Waals surface area contributed by atoms with Gasteiger partial charge in [-0.05, 0) is 36.1 Å². The highest BCUT2D eigenvalue weighted by molar-refractivity contribution is 5.88. The van der Waals surface area contributed by atoms with Crippen LogP contribution in [-0.4, -0.2) is 22.7 Å². The number of hydrogen-bond donors (Lipinski definition) is 1. The van der Waals surface area contributed by atoms with Crippen LogP contribution in [0.1, 0.15) is 28.8 Å². The van der Waals surface area contributed by atoms with E-state index in [0.717, 1.165) is 24.1 Å². The highest BCUT2D eigenvalue weighted by Crippen LogP contribution is 2.52. The Morgan fingerprint density at radius 3 is 2.14 bits per heavy atom. The largest absolute Gasteiger partial charge is 0.478 e. The summed E-state index contributed by atoms with van der Waals surface area (Å²) in [6.07, 6.45) is 2.23. The van der Waals surface area contributed by atoms with Crippen molar-refractivity contribution in [2.75, 3.05) is 6.54 Å². The van der Waals surface area contributed by atoms with Gasteiger partial charge in [0.1, 0.15) is 0 Å². The molecule has 2 aliphatic heterocycles. The summed E-state index contributed by atoms with van der Waals surface area (Å²) in [7, 11) is 0. The van der Waals surface area contributed by atoms with Gasteiger partial charge in [0, 0.05) is 12.1 Å². The molecule has 0 spiro atoms. The zero-order valence-corrected chi connectivity index (χ0v) is 11.5. The zero-order valence-electron chi connectivity index (χ0n) is 11.5. The van der Waals surface area contributed by atoms with E-state index in [2.05, 4.69) is 24.3 Å². The minimum atomic E-state index is -0.900. The molecule has 1 N–H and O–H groups in total. The first-order valence-electron chi connectivity index (χ1n) is 7.10. The van der Waals surface area contributed by atoms with Crippen LogP contribution in [-0.2, 0) is 10.6 Å². The number of nitrogens with zero attached hydrogens (tertiary/aromatic N) is 1. The Kier molecular flexibility index (Phi) is 2.64. The van der Waals surface area contributed by atoms with E-state index in [1.54, 1.807) is 12.1 Å². The molecule has 21 heavy (non-hydrogen) atoms. The van der Waals surface area contributed by atoms with Crippen LogP contribution in [0.2, 0.25) is 0 Å². The van der Waals surface area contributed by atoms with E-state index >= 15 is 0 Å². The highest BCUT2D eigenvalue weighted by atomic mass is 16.9. The van der Waals surface area contributed by atoms with E-state index in [0.29, 0.717) is 5.56 Å². The fraction of sp³-hybridized carbons (Fsp3) is 0.235. The van der Waals surface area contributed by atoms with E-state index in [4.69, 9.17) is 9.94 Å². The fourth-order valence-electron chi connectivity index (χ4n) is 3.09. The molecule has 0 saturated carbocycles. The van der Waals surface area contributed by atoms with E-state index in [-0.39, 0.29) is 5.72 Å². The molecular formula is C17H15NO3. The normalized spacial score (nSPS) is 26.4. The van der Waals surface area contributed by atoms with Gasteiger partial charge >= 0.3 is 5.97 Å². The lowest BCUT2D eigenvalue weighted by atomic mass is 9.98. The van der Waals surface area contributed by atoms with Crippen LogP contribution in [0, 0.1) is 0 Å². The molecule has 4 heteroatoms. The summed E-state index contributed by atoms with van der Waals surface area (Å²) in [5, 5.41) is 11.0. The summed E-state index contributed by atoms with van der Waals surface area (Å²) < 4.78 is 0. The first-order chi connectivity index (χ1) is 10.2. The number of benzene rings is 2. The predicted molar refractivity (Wildman–Crippen MR) is 77.5 cm³/mol. The lowest BCUT2D eigenvalue weighted by Gasteiger charge is -2.08. The highest BCUT2D eigenvalue weighted by Gasteiger charge is 2.59. The van der Waals surface area contributed by atoms with E-state index < -0.39 is 5.97 Å². The van der Waals surface area contributed by atoms with Gasteiger partial charge in [-0.1, -0.05) is 36.4 Å². The van der Waals surface area contributed by atoms with Gasteiger partial charge in [0.25, 0.3) is 0 Å². The van der Waals surface area contributed by atoms with Crippen molar-refractivity contribution >= 4 is 5.97 Å². The zero-order chi connectivity index (χ0) is 14.4. The van der Waals surface area contributed by atoms with Gasteiger partial charge in [-0.2, -0.15) is 0 Å². The van der Waals surface area contributed by atoms with Gasteiger partial charge in [-0.15, -0.1) is 5.06 Å². The molecule has 106 valence electrons. The van der Waals surface area contributed by atoms with Crippen LogP contribution >= 0.6 is 0 Å². The maximum absolute atomic E-state index is 10.9. The molecule has 2 aliphatic rings. The van der Waals surface area contributed by atoms with Crippen molar-refractivity contribution < 1.29 is 14.7 Å². The van der Waals surface area contributed by atoms with E-state index in [1.807, 2.05) is 17.2 Å². The molecule has 0 aromatic heterocycles. The lowest BCUT2D eigenvalue weighted by Crippen LogP contribution is -2.08. The lowest BCUT2D eigenvalue weighted by molar-refractivity contribution is 0.0697. The second kappa shape index (κ2) is 4.41. The smallest absolute Gasteiger partial charge is 0.335 e. The average molecular weight is 281 g/mol. The molecule has 2 aromatic rings. The van der Waals surface area contributed by atoms with Crippen LogP contribution in [0.5, 0.6) is 0 Å². The third kappa shape index (κ3) is 1.95. The van der Waals surface area contributed by atoms with Gasteiger partial charge in [-0.25, -0.2) is 4.79 Å². The van der Waals surface area contributed by atoms with Crippen molar-refractivity contribution in [3.63, 3.8) is 0 Å². The molecule has 0 bridgehead atoms. The summed E-state index contributed by atoms with van der Waals surface area (Å²) in [4.78, 5) is 16.5. The standard InChI is InChI=1S/C17H15NO3/c19-16(20)14-4-2-12(3-5-14)13-6-8-15(9-7-13)17-10-1-11-18(17)21-17/h2-9H,1,10-11H2,(H,19,20). The molecule has 2 fully saturated rings. The Labute approximate surface area is 122 Å². The molecule has 2 unspecified atom stereocenters. The molecule has 4 rings (SSSR count). The number of hydroxylamine groups is 2. The maximum Gasteiger partial charge on any atom is 0.335 e. The third-order valence-electron chi connectivity index (χ3n) is 4.31. The minimum absolute atomic E-state index is 0.161. The number of carboxylic acids is 1. The monoisotopic (exact) mass is 281 g/mol. The molecule has 2 saturated heterocycles. The summed E-state index contributed by atoms with van der Waals surface area (Å²) in [5.41, 5.74) is 3.44. The third-order valence-corrected chi connectivity index (χ3v) is 4.31. The van der Waals surface area contributed by atoms with Gasteiger partial charge in [0.15, 0.2) is 5.72 Å². The van der Waals surface area contributed by atoms with Crippen LogP contribution < -0.4 is 0 Å². The number of hydrogen-bond acceptors (Lipinski definition) is 3. The molecule has 4 nitrogen and oxygen atoms in total. The van der Waals surface area contributed by atoms with Crippen LogP contribution in [0.4, 0.5) is 0 Å². The average Bonchev–Trinajstić information content (AvgIpc) is 3.09. The molecular weight excluding hydrogens is 266 g/mol. The Hall–Kier alpha value is -2.17. The summed E-state index contributed by atoms with van der Waals surface area (Å²) >= 11 is 0. The Morgan fingerprint density at radius 2 is 1.67 bits per heavy atom. The summed E-state index contributed by atoms with van der Waals surface area (Å²) in [6.45, 7) is 1.01. The molecule has 0 aliphatic carbocycles. The number of carbonyl (C=O) groups is 1. The minimum Gasteiger partial charge on any atom is -0.478 e. The van der Waals surface area contributed by atoms with Crippen LogP contribution in [0.25, 0.3) is 11.1 Å². The predicted octanol–water partition coefficient (Wildman–Crippen LogP) is 3.25. The van der Waals surface area contributed by atoms with Crippen molar-refractivity contribution in [2.45, 2.75) is 18.6 Å². The Balaban J connectivity index is 1.60. The molecule has 0 radical (unpaired) electrons. The van der Waals surface area contributed by atoms with Gasteiger partial charge < -0.3 is 5.11 Å².